The Labute approximate surface area is 113 Å². The Morgan fingerprint density at radius 2 is 1.40 bits per heavy atom. The SMILES string of the molecule is CCN(CCO)CCO.O=S(=O)(O)O.[H-].[Na+]. The number of likely N-dealkylation sites (N-methyl/N-ethyl adjacent to an activating group) is 1. The van der Waals surface area contributed by atoms with Crippen molar-refractivity contribution < 1.29 is 58.7 Å². The van der Waals surface area contributed by atoms with E-state index < -0.39 is 10.4 Å². The minimum Gasteiger partial charge on any atom is -1.00 e. The Hall–Kier alpha value is 0.750. The summed E-state index contributed by atoms with van der Waals surface area (Å²) in [5.74, 6) is 0. The molecule has 0 aromatic rings. The van der Waals surface area contributed by atoms with Gasteiger partial charge in [0.25, 0.3) is 0 Å². The van der Waals surface area contributed by atoms with Crippen LogP contribution in [0.2, 0.25) is 0 Å². The van der Waals surface area contributed by atoms with E-state index in [4.69, 9.17) is 27.7 Å². The Morgan fingerprint density at radius 1 is 1.13 bits per heavy atom. The number of rotatable bonds is 5. The molecule has 9 heteroatoms. The van der Waals surface area contributed by atoms with Crippen LogP contribution in [0.25, 0.3) is 0 Å². The molecule has 0 unspecified atom stereocenters. The maximum Gasteiger partial charge on any atom is 1.00 e. The molecule has 0 spiro atoms. The summed E-state index contributed by atoms with van der Waals surface area (Å²) in [6.45, 7) is 4.57. The van der Waals surface area contributed by atoms with Crippen LogP contribution in [0.3, 0.4) is 0 Å². The van der Waals surface area contributed by atoms with Gasteiger partial charge in [-0.2, -0.15) is 8.42 Å². The zero-order chi connectivity index (χ0) is 11.6. The van der Waals surface area contributed by atoms with Crippen molar-refractivity contribution in [2.45, 2.75) is 6.92 Å². The summed E-state index contributed by atoms with van der Waals surface area (Å²) in [6, 6.07) is 0. The van der Waals surface area contributed by atoms with Gasteiger partial charge in [0, 0.05) is 13.1 Å². The van der Waals surface area contributed by atoms with E-state index in [9.17, 15) is 0 Å². The van der Waals surface area contributed by atoms with E-state index in [1.165, 1.54) is 0 Å². The minimum absolute atomic E-state index is 0. The second-order valence-corrected chi connectivity index (χ2v) is 3.22. The van der Waals surface area contributed by atoms with E-state index in [1.807, 2.05) is 11.8 Å². The molecule has 0 amide bonds. The van der Waals surface area contributed by atoms with Crippen molar-refractivity contribution in [2.75, 3.05) is 32.8 Å². The van der Waals surface area contributed by atoms with Gasteiger partial charge in [-0.05, 0) is 6.54 Å². The van der Waals surface area contributed by atoms with Crippen LogP contribution < -0.4 is 29.6 Å². The summed E-state index contributed by atoms with van der Waals surface area (Å²) < 4.78 is 31.6. The smallest absolute Gasteiger partial charge is 1.00 e. The van der Waals surface area contributed by atoms with Crippen molar-refractivity contribution >= 4 is 10.4 Å². The van der Waals surface area contributed by atoms with Gasteiger partial charge in [0.15, 0.2) is 0 Å². The Morgan fingerprint density at radius 3 is 1.53 bits per heavy atom. The average Bonchev–Trinajstić information content (AvgIpc) is 2.01. The quantitative estimate of drug-likeness (QED) is 0.290. The van der Waals surface area contributed by atoms with E-state index >= 15 is 0 Å². The largest absolute Gasteiger partial charge is 1.00 e. The molecule has 15 heavy (non-hydrogen) atoms. The third-order valence-corrected chi connectivity index (χ3v) is 1.28. The van der Waals surface area contributed by atoms with Gasteiger partial charge in [0.2, 0.25) is 0 Å². The molecular formula is C6H18NNaO6S. The first kappa shape index (κ1) is 21.1. The Bertz CT molecular complexity index is 201. The summed E-state index contributed by atoms with van der Waals surface area (Å²) in [5.41, 5.74) is 0. The zero-order valence-corrected chi connectivity index (χ0v) is 11.8. The fraction of sp³-hybridized carbons (Fsp3) is 1.00. The van der Waals surface area contributed by atoms with Crippen LogP contribution in [-0.2, 0) is 10.4 Å². The molecule has 0 atom stereocenters. The van der Waals surface area contributed by atoms with E-state index in [2.05, 4.69) is 0 Å². The van der Waals surface area contributed by atoms with Gasteiger partial charge >= 0.3 is 40.0 Å². The van der Waals surface area contributed by atoms with E-state index in [0.717, 1.165) is 6.54 Å². The number of hydrogen-bond donors (Lipinski definition) is 4. The maximum atomic E-state index is 8.74. The molecular weight excluding hydrogens is 237 g/mol. The van der Waals surface area contributed by atoms with Gasteiger partial charge in [-0.15, -0.1) is 0 Å². The number of aliphatic hydroxyl groups excluding tert-OH is 2. The molecule has 0 radical (unpaired) electrons. The molecule has 0 aliphatic heterocycles. The normalized spacial score (nSPS) is 10.3. The molecule has 7 nitrogen and oxygen atoms in total. The molecule has 0 aliphatic rings. The molecule has 0 saturated heterocycles. The summed E-state index contributed by atoms with van der Waals surface area (Å²) in [5, 5.41) is 16.9. The number of aliphatic hydroxyl groups is 2. The molecule has 0 aromatic carbocycles. The number of nitrogens with zero attached hydrogens (tertiary/aromatic N) is 1. The maximum absolute atomic E-state index is 8.74. The van der Waals surface area contributed by atoms with Gasteiger partial charge in [0.1, 0.15) is 0 Å². The van der Waals surface area contributed by atoms with Gasteiger partial charge in [-0.3, -0.25) is 14.0 Å². The van der Waals surface area contributed by atoms with E-state index in [-0.39, 0.29) is 44.2 Å². The standard InChI is InChI=1S/C6H15NO2.Na.H2O4S.H/c1-2-7(3-5-8)4-6-9;;1-5(2,3)4;/h8-9H,2-6H2,1H3;;(H2,1,2,3,4);/q;+1;;-1. The first-order valence-electron chi connectivity index (χ1n) is 3.99. The fourth-order valence-corrected chi connectivity index (χ4v) is 0.711. The second-order valence-electron chi connectivity index (χ2n) is 2.33. The summed E-state index contributed by atoms with van der Waals surface area (Å²) in [4.78, 5) is 1.99. The van der Waals surface area contributed by atoms with Crippen LogP contribution in [0.1, 0.15) is 8.35 Å². The van der Waals surface area contributed by atoms with E-state index in [1.54, 1.807) is 0 Å². The van der Waals surface area contributed by atoms with Crippen molar-refractivity contribution in [3.63, 3.8) is 0 Å². The Balaban J connectivity index is -0.0000000904. The van der Waals surface area contributed by atoms with Crippen molar-refractivity contribution in [3.8, 4) is 0 Å². The van der Waals surface area contributed by atoms with E-state index in [0.29, 0.717) is 13.1 Å². The minimum atomic E-state index is -4.67. The molecule has 0 aromatic heterocycles. The molecule has 0 bridgehead atoms. The van der Waals surface area contributed by atoms with Crippen LogP contribution in [-0.4, -0.2) is 65.5 Å². The molecule has 0 heterocycles. The molecule has 0 rings (SSSR count). The predicted octanol–water partition coefficient (Wildman–Crippen LogP) is -4.24. The van der Waals surface area contributed by atoms with Crippen LogP contribution in [0.4, 0.5) is 0 Å². The van der Waals surface area contributed by atoms with Crippen molar-refractivity contribution in [3.05, 3.63) is 0 Å². The van der Waals surface area contributed by atoms with Crippen LogP contribution in [0.5, 0.6) is 0 Å². The van der Waals surface area contributed by atoms with Crippen LogP contribution in [0.15, 0.2) is 0 Å². The van der Waals surface area contributed by atoms with Crippen molar-refractivity contribution in [2.24, 2.45) is 0 Å². The Kier molecular flexibility index (Phi) is 18.0. The predicted molar refractivity (Wildman–Crippen MR) is 51.6 cm³/mol. The van der Waals surface area contributed by atoms with Gasteiger partial charge < -0.3 is 11.6 Å². The summed E-state index contributed by atoms with van der Waals surface area (Å²) in [6.07, 6.45) is 0. The summed E-state index contributed by atoms with van der Waals surface area (Å²) in [7, 11) is -4.67. The third-order valence-electron chi connectivity index (χ3n) is 1.28. The van der Waals surface area contributed by atoms with Gasteiger partial charge in [0.05, 0.1) is 13.2 Å². The fourth-order valence-electron chi connectivity index (χ4n) is 0.711. The molecule has 4 N–H and O–H groups in total. The van der Waals surface area contributed by atoms with Gasteiger partial charge in [-0.25, -0.2) is 0 Å². The van der Waals surface area contributed by atoms with Crippen molar-refractivity contribution in [1.82, 2.24) is 4.90 Å². The second kappa shape index (κ2) is 12.8. The zero-order valence-electron chi connectivity index (χ0n) is 10.00. The summed E-state index contributed by atoms with van der Waals surface area (Å²) >= 11 is 0. The average molecular weight is 255 g/mol. The first-order valence-corrected chi connectivity index (χ1v) is 5.38. The van der Waals surface area contributed by atoms with Crippen molar-refractivity contribution in [1.29, 1.82) is 0 Å². The van der Waals surface area contributed by atoms with Crippen LogP contribution >= 0.6 is 0 Å². The first-order chi connectivity index (χ1) is 6.35. The molecule has 90 valence electrons. The molecule has 0 saturated carbocycles. The third kappa shape index (κ3) is 31.3. The molecule has 0 aliphatic carbocycles. The monoisotopic (exact) mass is 255 g/mol. The van der Waals surface area contributed by atoms with Gasteiger partial charge in [-0.1, -0.05) is 6.92 Å². The number of hydrogen-bond acceptors (Lipinski definition) is 5. The van der Waals surface area contributed by atoms with Crippen LogP contribution in [0, 0.1) is 0 Å². The molecule has 0 fully saturated rings. The topological polar surface area (TPSA) is 118 Å².